The summed E-state index contributed by atoms with van der Waals surface area (Å²) in [5, 5.41) is 3.24. The Hall–Kier alpha value is -1.66. The standard InChI is InChI=1S/C14H17BrN4O/c1-2-20-9-14-18-12(16)7-13(19-14)17-8-10-5-3-4-6-11(10)15/h3-7H,2,8-9H2,1H3,(H3,16,17,18,19). The van der Waals surface area contributed by atoms with Crippen molar-refractivity contribution >= 4 is 27.6 Å². The van der Waals surface area contributed by atoms with Gasteiger partial charge in [0.25, 0.3) is 0 Å². The number of nitrogens with one attached hydrogen (secondary N) is 1. The molecule has 0 amide bonds. The molecule has 0 aliphatic heterocycles. The summed E-state index contributed by atoms with van der Waals surface area (Å²) in [5.41, 5.74) is 6.92. The lowest BCUT2D eigenvalue weighted by molar-refractivity contribution is 0.128. The van der Waals surface area contributed by atoms with Crippen LogP contribution in [0, 0.1) is 0 Å². The first-order valence-electron chi connectivity index (χ1n) is 6.37. The van der Waals surface area contributed by atoms with Gasteiger partial charge in [0.05, 0.1) is 0 Å². The fourth-order valence-corrected chi connectivity index (χ4v) is 2.12. The summed E-state index contributed by atoms with van der Waals surface area (Å²) in [6.07, 6.45) is 0. The zero-order chi connectivity index (χ0) is 14.4. The van der Waals surface area contributed by atoms with Crippen molar-refractivity contribution < 1.29 is 4.74 Å². The number of nitrogens with two attached hydrogens (primary N) is 1. The second-order valence-corrected chi connectivity index (χ2v) is 5.03. The number of aromatic nitrogens is 2. The van der Waals surface area contributed by atoms with Crippen LogP contribution in [-0.4, -0.2) is 16.6 Å². The van der Waals surface area contributed by atoms with E-state index >= 15 is 0 Å². The predicted molar refractivity (Wildman–Crippen MR) is 83.2 cm³/mol. The summed E-state index contributed by atoms with van der Waals surface area (Å²) in [6.45, 7) is 3.58. The quantitative estimate of drug-likeness (QED) is 0.848. The average molecular weight is 337 g/mol. The molecule has 0 bridgehead atoms. The predicted octanol–water partition coefficient (Wildman–Crippen LogP) is 2.97. The molecular weight excluding hydrogens is 320 g/mol. The van der Waals surface area contributed by atoms with E-state index in [1.54, 1.807) is 6.07 Å². The van der Waals surface area contributed by atoms with Crippen LogP contribution in [0.5, 0.6) is 0 Å². The van der Waals surface area contributed by atoms with E-state index in [1.807, 2.05) is 31.2 Å². The molecule has 1 aromatic heterocycles. The topological polar surface area (TPSA) is 73.1 Å². The van der Waals surface area contributed by atoms with Gasteiger partial charge in [-0.15, -0.1) is 0 Å². The van der Waals surface area contributed by atoms with Crippen LogP contribution in [0.25, 0.3) is 0 Å². The fourth-order valence-electron chi connectivity index (χ4n) is 1.69. The van der Waals surface area contributed by atoms with Gasteiger partial charge in [-0.05, 0) is 18.6 Å². The third-order valence-corrected chi connectivity index (χ3v) is 3.42. The molecule has 0 aliphatic carbocycles. The van der Waals surface area contributed by atoms with Gasteiger partial charge in [0, 0.05) is 23.7 Å². The van der Waals surface area contributed by atoms with E-state index in [0.717, 1.165) is 10.0 Å². The van der Waals surface area contributed by atoms with Crippen LogP contribution in [0.2, 0.25) is 0 Å². The van der Waals surface area contributed by atoms with Crippen LogP contribution in [-0.2, 0) is 17.9 Å². The molecule has 1 heterocycles. The van der Waals surface area contributed by atoms with Crippen molar-refractivity contribution in [1.29, 1.82) is 0 Å². The number of rotatable bonds is 6. The van der Waals surface area contributed by atoms with Crippen molar-refractivity contribution in [2.75, 3.05) is 17.7 Å². The third kappa shape index (κ3) is 4.18. The molecule has 0 atom stereocenters. The van der Waals surface area contributed by atoms with Crippen LogP contribution in [0.15, 0.2) is 34.8 Å². The first-order chi connectivity index (χ1) is 9.69. The Labute approximate surface area is 126 Å². The van der Waals surface area contributed by atoms with Crippen molar-refractivity contribution in [3.63, 3.8) is 0 Å². The van der Waals surface area contributed by atoms with Crippen LogP contribution in [0.1, 0.15) is 18.3 Å². The fraction of sp³-hybridized carbons (Fsp3) is 0.286. The number of ether oxygens (including phenoxy) is 1. The zero-order valence-corrected chi connectivity index (χ0v) is 12.9. The van der Waals surface area contributed by atoms with Gasteiger partial charge in [-0.3, -0.25) is 0 Å². The number of nitrogens with zero attached hydrogens (tertiary/aromatic N) is 2. The second kappa shape index (κ2) is 7.21. The molecule has 5 nitrogen and oxygen atoms in total. The zero-order valence-electron chi connectivity index (χ0n) is 11.3. The Balaban J connectivity index is 2.05. The summed E-state index contributed by atoms with van der Waals surface area (Å²) in [6, 6.07) is 9.74. The first-order valence-corrected chi connectivity index (χ1v) is 7.16. The molecule has 0 radical (unpaired) electrons. The van der Waals surface area contributed by atoms with E-state index in [4.69, 9.17) is 10.5 Å². The van der Waals surface area contributed by atoms with Gasteiger partial charge in [0.15, 0.2) is 5.82 Å². The van der Waals surface area contributed by atoms with Crippen molar-refractivity contribution in [2.45, 2.75) is 20.1 Å². The van der Waals surface area contributed by atoms with Gasteiger partial charge in [-0.2, -0.15) is 0 Å². The summed E-state index contributed by atoms with van der Waals surface area (Å²) < 4.78 is 6.35. The van der Waals surface area contributed by atoms with Crippen molar-refractivity contribution in [3.8, 4) is 0 Å². The highest BCUT2D eigenvalue weighted by molar-refractivity contribution is 9.10. The van der Waals surface area contributed by atoms with Crippen LogP contribution in [0.4, 0.5) is 11.6 Å². The molecule has 1 aromatic carbocycles. The van der Waals surface area contributed by atoms with E-state index in [2.05, 4.69) is 31.2 Å². The highest BCUT2D eigenvalue weighted by Crippen LogP contribution is 2.17. The Morgan fingerprint density at radius 2 is 2.10 bits per heavy atom. The largest absolute Gasteiger partial charge is 0.384 e. The number of halogens is 1. The molecule has 106 valence electrons. The molecule has 2 rings (SSSR count). The van der Waals surface area contributed by atoms with Crippen LogP contribution < -0.4 is 11.1 Å². The molecule has 0 unspecified atom stereocenters. The lowest BCUT2D eigenvalue weighted by atomic mass is 10.2. The van der Waals surface area contributed by atoms with Crippen molar-refractivity contribution in [3.05, 3.63) is 46.2 Å². The van der Waals surface area contributed by atoms with E-state index in [1.165, 1.54) is 0 Å². The minimum absolute atomic E-state index is 0.366. The highest BCUT2D eigenvalue weighted by Gasteiger charge is 2.04. The lowest BCUT2D eigenvalue weighted by Crippen LogP contribution is -2.08. The summed E-state index contributed by atoms with van der Waals surface area (Å²) >= 11 is 3.52. The molecule has 0 fully saturated rings. The molecule has 0 saturated heterocycles. The van der Waals surface area contributed by atoms with E-state index < -0.39 is 0 Å². The minimum atomic E-state index is 0.366. The third-order valence-electron chi connectivity index (χ3n) is 2.65. The van der Waals surface area contributed by atoms with E-state index in [-0.39, 0.29) is 0 Å². The average Bonchev–Trinajstić information content (AvgIpc) is 2.44. The van der Waals surface area contributed by atoms with Gasteiger partial charge >= 0.3 is 0 Å². The van der Waals surface area contributed by atoms with Gasteiger partial charge < -0.3 is 15.8 Å². The SMILES string of the molecule is CCOCc1nc(N)cc(NCc2ccccc2Br)n1. The van der Waals surface area contributed by atoms with Gasteiger partial charge in [0.2, 0.25) is 0 Å². The molecule has 6 heteroatoms. The van der Waals surface area contributed by atoms with Crippen molar-refractivity contribution in [2.24, 2.45) is 0 Å². The molecular formula is C14H17BrN4O. The highest BCUT2D eigenvalue weighted by atomic mass is 79.9. The number of anilines is 2. The van der Waals surface area contributed by atoms with Crippen LogP contribution >= 0.6 is 15.9 Å². The molecule has 20 heavy (non-hydrogen) atoms. The Bertz CT molecular complexity index is 577. The normalized spacial score (nSPS) is 10.5. The summed E-state index contributed by atoms with van der Waals surface area (Å²) in [4.78, 5) is 8.51. The van der Waals surface area contributed by atoms with Gasteiger partial charge in [0.1, 0.15) is 18.2 Å². The minimum Gasteiger partial charge on any atom is -0.384 e. The summed E-state index contributed by atoms with van der Waals surface area (Å²) in [7, 11) is 0. The smallest absolute Gasteiger partial charge is 0.158 e. The Kier molecular flexibility index (Phi) is 5.31. The number of benzene rings is 1. The first kappa shape index (κ1) is 14.7. The molecule has 3 N–H and O–H groups in total. The molecule has 0 spiro atoms. The van der Waals surface area contributed by atoms with Gasteiger partial charge in [-0.25, -0.2) is 9.97 Å². The summed E-state index contributed by atoms with van der Waals surface area (Å²) in [5.74, 6) is 1.72. The maximum absolute atomic E-state index is 5.77. The molecule has 0 saturated carbocycles. The lowest BCUT2D eigenvalue weighted by Gasteiger charge is -2.09. The maximum atomic E-state index is 5.77. The van der Waals surface area contributed by atoms with E-state index in [0.29, 0.717) is 37.2 Å². The molecule has 2 aromatic rings. The number of hydrogen-bond acceptors (Lipinski definition) is 5. The van der Waals surface area contributed by atoms with Crippen molar-refractivity contribution in [1.82, 2.24) is 9.97 Å². The Morgan fingerprint density at radius 3 is 2.85 bits per heavy atom. The van der Waals surface area contributed by atoms with Gasteiger partial charge in [-0.1, -0.05) is 34.1 Å². The number of hydrogen-bond donors (Lipinski definition) is 2. The molecule has 0 aliphatic rings. The van der Waals surface area contributed by atoms with E-state index in [9.17, 15) is 0 Å². The number of nitrogen functional groups attached to an aromatic ring is 1. The second-order valence-electron chi connectivity index (χ2n) is 4.18. The van der Waals surface area contributed by atoms with Crippen LogP contribution in [0.3, 0.4) is 0 Å². The maximum Gasteiger partial charge on any atom is 0.158 e. The monoisotopic (exact) mass is 336 g/mol. The Morgan fingerprint density at radius 1 is 1.30 bits per heavy atom.